The number of hydrogen-bond acceptors (Lipinski definition) is 4. The van der Waals surface area contributed by atoms with Crippen LogP contribution in [0.5, 0.6) is 0 Å². The third-order valence-corrected chi connectivity index (χ3v) is 10.3. The second kappa shape index (κ2) is 18.7. The molecule has 6 heteroatoms. The summed E-state index contributed by atoms with van der Waals surface area (Å²) in [6.07, 6.45) is 16.8. The van der Waals surface area contributed by atoms with Crippen molar-refractivity contribution in [2.45, 2.75) is 105 Å². The van der Waals surface area contributed by atoms with E-state index >= 15 is 0 Å². The molecule has 0 atom stereocenters. The van der Waals surface area contributed by atoms with Crippen LogP contribution in [0.1, 0.15) is 74.7 Å². The number of aldehydes is 1. The number of nitrogens with one attached hydrogen (secondary N) is 1. The molecule has 2 aliphatic carbocycles. The first-order chi connectivity index (χ1) is 13.0. The highest BCUT2D eigenvalue weighted by atomic mass is 35.5. The normalized spacial score (nSPS) is 23.4. The van der Waals surface area contributed by atoms with Crippen LogP contribution < -0.4 is 11.1 Å². The Labute approximate surface area is 201 Å². The third-order valence-electron chi connectivity index (χ3n) is 5.79. The Hall–Kier alpha value is -0.823. The molecule has 0 aromatic carbocycles. The van der Waals surface area contributed by atoms with Gasteiger partial charge in [0.2, 0.25) is 0 Å². The maximum absolute atomic E-state index is 10.1. The van der Waals surface area contributed by atoms with Crippen molar-refractivity contribution in [1.82, 2.24) is 5.32 Å². The summed E-state index contributed by atoms with van der Waals surface area (Å²) in [6, 6.07) is 1.13. The lowest BCUT2D eigenvalue weighted by atomic mass is 9.81. The molecule has 0 aliphatic heterocycles. The van der Waals surface area contributed by atoms with Crippen LogP contribution >= 0.6 is 12.4 Å². The van der Waals surface area contributed by atoms with Crippen molar-refractivity contribution >= 4 is 27.0 Å². The second-order valence-electron chi connectivity index (χ2n) is 9.32. The van der Waals surface area contributed by atoms with Gasteiger partial charge >= 0.3 is 0 Å². The van der Waals surface area contributed by atoms with Gasteiger partial charge in [-0.15, -0.1) is 37.1 Å². The predicted octanol–water partition coefficient (Wildman–Crippen LogP) is 5.66. The molecule has 4 nitrogen and oxygen atoms in total. The van der Waals surface area contributed by atoms with E-state index in [4.69, 9.17) is 23.0 Å². The maximum atomic E-state index is 10.1. The first kappa shape index (κ1) is 37.5. The molecule has 2 saturated carbocycles. The van der Waals surface area contributed by atoms with Gasteiger partial charge in [0.15, 0.2) is 8.32 Å². The molecule has 0 bridgehead atoms. The van der Waals surface area contributed by atoms with Gasteiger partial charge in [-0.2, -0.15) is 0 Å². The van der Waals surface area contributed by atoms with E-state index in [1.54, 1.807) is 0 Å². The van der Waals surface area contributed by atoms with Crippen LogP contribution in [0, 0.1) is 36.5 Å². The Morgan fingerprint density at radius 2 is 1.55 bits per heavy atom. The van der Waals surface area contributed by atoms with Crippen LogP contribution in [-0.2, 0) is 9.22 Å². The molecule has 0 spiro atoms. The summed E-state index contributed by atoms with van der Waals surface area (Å²) < 4.78 is 5.51. The summed E-state index contributed by atoms with van der Waals surface area (Å²) in [7, 11) is -1.66. The minimum absolute atomic E-state index is 0. The first-order valence-electron chi connectivity index (χ1n) is 10.5. The molecule has 0 heterocycles. The fourth-order valence-electron chi connectivity index (χ4n) is 2.53. The average molecular weight is 475 g/mol. The maximum Gasteiger partial charge on any atom is 0.192 e. The fourth-order valence-corrected chi connectivity index (χ4v) is 3.44. The van der Waals surface area contributed by atoms with Gasteiger partial charge in [-0.05, 0) is 56.8 Å². The lowest BCUT2D eigenvalue weighted by molar-refractivity contribution is -0.109. The molecule has 0 aromatic rings. The van der Waals surface area contributed by atoms with Gasteiger partial charge in [0.1, 0.15) is 6.29 Å². The Balaban J connectivity index is -0.000000171. The zero-order chi connectivity index (χ0) is 21.8. The molecule has 0 radical (unpaired) electrons. The topological polar surface area (TPSA) is 64.3 Å². The molecule has 31 heavy (non-hydrogen) atoms. The van der Waals surface area contributed by atoms with Crippen molar-refractivity contribution in [1.29, 1.82) is 0 Å². The van der Waals surface area contributed by atoms with Crippen molar-refractivity contribution < 1.29 is 9.22 Å². The zero-order valence-corrected chi connectivity index (χ0v) is 21.1. The van der Waals surface area contributed by atoms with Gasteiger partial charge in [-0.1, -0.05) is 42.5 Å². The van der Waals surface area contributed by atoms with Crippen LogP contribution in [-0.4, -0.2) is 39.8 Å². The van der Waals surface area contributed by atoms with Gasteiger partial charge in [0.05, 0.1) is 6.61 Å². The molecule has 0 amide bonds. The van der Waals surface area contributed by atoms with Gasteiger partial charge < -0.3 is 20.3 Å². The van der Waals surface area contributed by atoms with Gasteiger partial charge in [0.25, 0.3) is 0 Å². The molecule has 0 saturated heterocycles. The van der Waals surface area contributed by atoms with E-state index in [1.807, 2.05) is 0 Å². The van der Waals surface area contributed by atoms with Crippen molar-refractivity contribution in [3.05, 3.63) is 0 Å². The molecule has 2 rings (SSSR count). The number of carbonyl (C=O) groups excluding carboxylic acids is 1. The summed E-state index contributed by atoms with van der Waals surface area (Å²) in [5.74, 6) is 6.48. The molecule has 0 unspecified atom stereocenters. The molecular weight excluding hydrogens is 424 g/mol. The molecule has 2 fully saturated rings. The number of carbonyl (C=O) groups is 1. The SMILES string of the molecule is C.C.C#CC1CC(N)C1.C#CC1CC(NCCC)C1.CC(C)(C)[Si](C)(C)OCC=O.Cl. The molecule has 2 aliphatic rings. The molecule has 184 valence electrons. The lowest BCUT2D eigenvalue weighted by Crippen LogP contribution is -2.41. The van der Waals surface area contributed by atoms with Gasteiger partial charge in [-0.3, -0.25) is 0 Å². The van der Waals surface area contributed by atoms with Gasteiger partial charge in [-0.25, -0.2) is 0 Å². The van der Waals surface area contributed by atoms with E-state index in [0.29, 0.717) is 17.9 Å². The smallest absolute Gasteiger partial charge is 0.192 e. The Kier molecular flexibility index (Phi) is 22.6. The standard InChI is InChI=1S/C9H15N.C8H18O2Si.C6H9N.2CH4.ClH/c1-3-5-10-9-6-8(4-2)7-9;1-8(2,3)11(4,5)10-7-6-9;1-2-5-3-6(7)4-5;;;/h2,8-10H,3,5-7H2,1H3;6H,7H2,1-5H3;1,5-6H,3-4,7H2;2*1H4;1H. The van der Waals surface area contributed by atoms with Gasteiger partial charge in [0, 0.05) is 23.9 Å². The van der Waals surface area contributed by atoms with Crippen LogP contribution in [0.2, 0.25) is 18.1 Å². The largest absolute Gasteiger partial charge is 0.410 e. The third kappa shape index (κ3) is 15.6. The van der Waals surface area contributed by atoms with Crippen molar-refractivity contribution in [2.75, 3.05) is 13.2 Å². The molecule has 0 aromatic heterocycles. The van der Waals surface area contributed by atoms with Crippen LogP contribution in [0.25, 0.3) is 0 Å². The highest BCUT2D eigenvalue weighted by Crippen LogP contribution is 2.36. The Bertz CT molecular complexity index is 523. The number of rotatable bonds is 6. The Morgan fingerprint density at radius 3 is 1.84 bits per heavy atom. The Morgan fingerprint density at radius 1 is 1.10 bits per heavy atom. The number of halogens is 1. The number of hydrogen-bond donors (Lipinski definition) is 2. The first-order valence-corrected chi connectivity index (χ1v) is 13.4. The summed E-state index contributed by atoms with van der Waals surface area (Å²) in [5, 5.41) is 3.64. The summed E-state index contributed by atoms with van der Waals surface area (Å²) in [5.41, 5.74) is 5.45. The second-order valence-corrected chi connectivity index (χ2v) is 14.1. The van der Waals surface area contributed by atoms with E-state index < -0.39 is 8.32 Å². The van der Waals surface area contributed by atoms with Crippen LogP contribution in [0.4, 0.5) is 0 Å². The van der Waals surface area contributed by atoms with E-state index in [9.17, 15) is 4.79 Å². The van der Waals surface area contributed by atoms with Crippen molar-refractivity contribution in [3.8, 4) is 24.7 Å². The lowest BCUT2D eigenvalue weighted by Gasteiger charge is -2.35. The molecular formula is C25H51ClN2O2Si. The van der Waals surface area contributed by atoms with E-state index in [1.165, 1.54) is 19.3 Å². The predicted molar refractivity (Wildman–Crippen MR) is 143 cm³/mol. The molecule has 3 N–H and O–H groups in total. The monoisotopic (exact) mass is 474 g/mol. The quantitative estimate of drug-likeness (QED) is 0.296. The van der Waals surface area contributed by atoms with E-state index in [0.717, 1.165) is 31.7 Å². The average Bonchev–Trinajstić information content (AvgIpc) is 2.56. The highest BCUT2D eigenvalue weighted by Gasteiger charge is 2.36. The van der Waals surface area contributed by atoms with E-state index in [-0.39, 0.29) is 38.9 Å². The minimum atomic E-state index is -1.66. The summed E-state index contributed by atoms with van der Waals surface area (Å²) >= 11 is 0. The van der Waals surface area contributed by atoms with Crippen molar-refractivity contribution in [2.24, 2.45) is 17.6 Å². The van der Waals surface area contributed by atoms with E-state index in [2.05, 4.69) is 57.9 Å². The van der Waals surface area contributed by atoms with Crippen molar-refractivity contribution in [3.63, 3.8) is 0 Å². The highest BCUT2D eigenvalue weighted by molar-refractivity contribution is 6.74. The fraction of sp³-hybridized carbons (Fsp3) is 0.800. The number of terminal acetylenes is 2. The summed E-state index contributed by atoms with van der Waals surface area (Å²) in [4.78, 5) is 10.1. The summed E-state index contributed by atoms with van der Waals surface area (Å²) in [6.45, 7) is 14.3. The van der Waals surface area contributed by atoms with Crippen LogP contribution in [0.3, 0.4) is 0 Å². The zero-order valence-electron chi connectivity index (χ0n) is 19.3. The van der Waals surface area contributed by atoms with Crippen LogP contribution in [0.15, 0.2) is 0 Å². The minimum Gasteiger partial charge on any atom is -0.410 e. The number of nitrogens with two attached hydrogens (primary N) is 1.